The SMILES string of the molecule is CCOC(=O)c1c(NC(=O)c2ccccc2Cl)sc(C)c1-c1ccc(F)cc1. The van der Waals surface area contributed by atoms with Crippen LogP contribution in [0, 0.1) is 12.7 Å². The van der Waals surface area contributed by atoms with Crippen molar-refractivity contribution in [3.8, 4) is 11.1 Å². The Labute approximate surface area is 170 Å². The second kappa shape index (κ2) is 8.54. The molecule has 7 heteroatoms. The molecule has 28 heavy (non-hydrogen) atoms. The monoisotopic (exact) mass is 417 g/mol. The summed E-state index contributed by atoms with van der Waals surface area (Å²) in [6.45, 7) is 3.72. The Morgan fingerprint density at radius 1 is 1.14 bits per heavy atom. The third-order valence-corrected chi connectivity index (χ3v) is 5.39. The minimum atomic E-state index is -0.555. The normalized spacial score (nSPS) is 10.6. The van der Waals surface area contributed by atoms with Crippen molar-refractivity contribution in [3.05, 3.63) is 75.4 Å². The highest BCUT2D eigenvalue weighted by molar-refractivity contribution is 7.17. The highest BCUT2D eigenvalue weighted by Crippen LogP contribution is 2.40. The molecule has 0 atom stereocenters. The zero-order chi connectivity index (χ0) is 20.3. The zero-order valence-electron chi connectivity index (χ0n) is 15.2. The van der Waals surface area contributed by atoms with Crippen LogP contribution in [0.5, 0.6) is 0 Å². The number of ether oxygens (including phenoxy) is 1. The molecule has 0 aliphatic rings. The zero-order valence-corrected chi connectivity index (χ0v) is 16.8. The molecule has 0 aliphatic carbocycles. The van der Waals surface area contributed by atoms with Crippen LogP contribution in [0.25, 0.3) is 11.1 Å². The number of aryl methyl sites for hydroxylation is 1. The Balaban J connectivity index is 2.07. The standard InChI is InChI=1S/C21H17ClFNO3S/c1-3-27-21(26)18-17(13-8-10-14(23)11-9-13)12(2)28-20(18)24-19(25)15-6-4-5-7-16(15)22/h4-11H,3H2,1-2H3,(H,24,25). The van der Waals surface area contributed by atoms with Gasteiger partial charge in [0.05, 0.1) is 17.2 Å². The molecule has 2 aromatic carbocycles. The van der Waals surface area contributed by atoms with E-state index in [1.54, 1.807) is 43.3 Å². The molecular weight excluding hydrogens is 401 g/mol. The van der Waals surface area contributed by atoms with Crippen LogP contribution in [0.4, 0.5) is 9.39 Å². The summed E-state index contributed by atoms with van der Waals surface area (Å²) >= 11 is 7.35. The molecule has 0 radical (unpaired) electrons. The molecule has 0 bridgehead atoms. The minimum Gasteiger partial charge on any atom is -0.462 e. The van der Waals surface area contributed by atoms with Gasteiger partial charge in [-0.05, 0) is 43.7 Å². The third kappa shape index (κ3) is 4.08. The molecule has 1 N–H and O–H groups in total. The van der Waals surface area contributed by atoms with Crippen LogP contribution in [-0.4, -0.2) is 18.5 Å². The molecule has 0 fully saturated rings. The Kier molecular flexibility index (Phi) is 6.11. The van der Waals surface area contributed by atoms with Gasteiger partial charge in [-0.25, -0.2) is 9.18 Å². The molecule has 0 aliphatic heterocycles. The number of esters is 1. The lowest BCUT2D eigenvalue weighted by Gasteiger charge is -2.10. The number of rotatable bonds is 5. The van der Waals surface area contributed by atoms with E-state index >= 15 is 0 Å². The molecule has 1 amide bonds. The van der Waals surface area contributed by atoms with Crippen molar-refractivity contribution in [2.45, 2.75) is 13.8 Å². The number of benzene rings is 2. The summed E-state index contributed by atoms with van der Waals surface area (Å²) in [6, 6.07) is 12.5. The quantitative estimate of drug-likeness (QED) is 0.522. The van der Waals surface area contributed by atoms with E-state index in [4.69, 9.17) is 16.3 Å². The number of carbonyl (C=O) groups excluding carboxylic acids is 2. The van der Waals surface area contributed by atoms with Crippen molar-refractivity contribution in [2.24, 2.45) is 0 Å². The summed E-state index contributed by atoms with van der Waals surface area (Å²) in [5.41, 5.74) is 1.82. The average Bonchev–Trinajstić information content (AvgIpc) is 2.98. The van der Waals surface area contributed by atoms with Gasteiger partial charge in [-0.1, -0.05) is 35.9 Å². The molecule has 0 saturated heterocycles. The Bertz CT molecular complexity index is 1030. The number of carbonyl (C=O) groups is 2. The van der Waals surface area contributed by atoms with E-state index in [-0.39, 0.29) is 18.0 Å². The minimum absolute atomic E-state index is 0.189. The van der Waals surface area contributed by atoms with Gasteiger partial charge in [0.15, 0.2) is 0 Å². The van der Waals surface area contributed by atoms with Crippen LogP contribution in [-0.2, 0) is 4.74 Å². The summed E-state index contributed by atoms with van der Waals surface area (Å²) in [4.78, 5) is 26.1. The van der Waals surface area contributed by atoms with E-state index in [0.717, 1.165) is 4.88 Å². The fraction of sp³-hybridized carbons (Fsp3) is 0.143. The molecule has 0 unspecified atom stereocenters. The number of nitrogens with one attached hydrogen (secondary N) is 1. The fourth-order valence-corrected chi connectivity index (χ4v) is 4.09. The largest absolute Gasteiger partial charge is 0.462 e. The Morgan fingerprint density at radius 2 is 1.82 bits per heavy atom. The molecule has 0 spiro atoms. The first-order valence-corrected chi connectivity index (χ1v) is 9.74. The second-order valence-corrected chi connectivity index (χ2v) is 7.53. The van der Waals surface area contributed by atoms with Crippen molar-refractivity contribution in [1.82, 2.24) is 0 Å². The van der Waals surface area contributed by atoms with Crippen molar-refractivity contribution in [1.29, 1.82) is 0 Å². The fourth-order valence-electron chi connectivity index (χ4n) is 2.81. The van der Waals surface area contributed by atoms with Gasteiger partial charge in [-0.3, -0.25) is 4.79 Å². The average molecular weight is 418 g/mol. The maximum atomic E-state index is 13.3. The number of hydrogen-bond donors (Lipinski definition) is 1. The first-order chi connectivity index (χ1) is 13.4. The first kappa shape index (κ1) is 20.0. The molecular formula is C21H17ClFNO3S. The summed E-state index contributed by atoms with van der Waals surface area (Å²) in [5, 5.41) is 3.44. The van der Waals surface area contributed by atoms with Crippen molar-refractivity contribution in [3.63, 3.8) is 0 Å². The summed E-state index contributed by atoms with van der Waals surface area (Å²) in [7, 11) is 0. The van der Waals surface area contributed by atoms with Crippen LogP contribution in [0.15, 0.2) is 48.5 Å². The van der Waals surface area contributed by atoms with E-state index < -0.39 is 11.9 Å². The van der Waals surface area contributed by atoms with E-state index in [2.05, 4.69) is 5.32 Å². The summed E-state index contributed by atoms with van der Waals surface area (Å²) in [5.74, 6) is -1.36. The number of hydrogen-bond acceptors (Lipinski definition) is 4. The molecule has 1 aromatic heterocycles. The van der Waals surface area contributed by atoms with Gasteiger partial charge in [-0.15, -0.1) is 11.3 Å². The lowest BCUT2D eigenvalue weighted by atomic mass is 10.0. The van der Waals surface area contributed by atoms with Crippen LogP contribution in [0.3, 0.4) is 0 Å². The number of halogens is 2. The second-order valence-electron chi connectivity index (χ2n) is 5.90. The maximum absolute atomic E-state index is 13.3. The van der Waals surface area contributed by atoms with Gasteiger partial charge in [0.1, 0.15) is 16.4 Å². The van der Waals surface area contributed by atoms with Crippen LogP contribution in [0.1, 0.15) is 32.5 Å². The summed E-state index contributed by atoms with van der Waals surface area (Å²) < 4.78 is 18.5. The predicted molar refractivity (Wildman–Crippen MR) is 110 cm³/mol. The molecule has 4 nitrogen and oxygen atoms in total. The van der Waals surface area contributed by atoms with E-state index in [0.29, 0.717) is 26.7 Å². The van der Waals surface area contributed by atoms with Gasteiger partial charge < -0.3 is 10.1 Å². The Morgan fingerprint density at radius 3 is 2.46 bits per heavy atom. The van der Waals surface area contributed by atoms with Crippen LogP contribution >= 0.6 is 22.9 Å². The van der Waals surface area contributed by atoms with Gasteiger partial charge in [0.2, 0.25) is 0 Å². The van der Waals surface area contributed by atoms with E-state index in [9.17, 15) is 14.0 Å². The van der Waals surface area contributed by atoms with Crippen molar-refractivity contribution in [2.75, 3.05) is 11.9 Å². The van der Waals surface area contributed by atoms with E-state index in [1.165, 1.54) is 23.5 Å². The van der Waals surface area contributed by atoms with E-state index in [1.807, 2.05) is 6.92 Å². The lowest BCUT2D eigenvalue weighted by molar-refractivity contribution is 0.0529. The maximum Gasteiger partial charge on any atom is 0.341 e. The van der Waals surface area contributed by atoms with Gasteiger partial charge in [0.25, 0.3) is 5.91 Å². The van der Waals surface area contributed by atoms with Gasteiger partial charge in [-0.2, -0.15) is 0 Å². The molecule has 3 aromatic rings. The summed E-state index contributed by atoms with van der Waals surface area (Å²) in [6.07, 6.45) is 0. The number of thiophene rings is 1. The molecule has 144 valence electrons. The lowest BCUT2D eigenvalue weighted by Crippen LogP contribution is -2.15. The number of amides is 1. The van der Waals surface area contributed by atoms with Gasteiger partial charge in [0, 0.05) is 10.4 Å². The topological polar surface area (TPSA) is 55.4 Å². The van der Waals surface area contributed by atoms with Crippen molar-refractivity contribution < 1.29 is 18.7 Å². The van der Waals surface area contributed by atoms with Gasteiger partial charge >= 0.3 is 5.97 Å². The van der Waals surface area contributed by atoms with Crippen LogP contribution in [0.2, 0.25) is 5.02 Å². The Hall–Kier alpha value is -2.70. The number of anilines is 1. The van der Waals surface area contributed by atoms with Crippen molar-refractivity contribution >= 4 is 39.8 Å². The third-order valence-electron chi connectivity index (χ3n) is 4.04. The smallest absolute Gasteiger partial charge is 0.341 e. The predicted octanol–water partition coefficient (Wildman–Crippen LogP) is 5.95. The van der Waals surface area contributed by atoms with Crippen LogP contribution < -0.4 is 5.32 Å². The molecule has 0 saturated carbocycles. The molecule has 3 rings (SSSR count). The highest BCUT2D eigenvalue weighted by atomic mass is 35.5. The highest BCUT2D eigenvalue weighted by Gasteiger charge is 2.26. The first-order valence-electron chi connectivity index (χ1n) is 8.54. The molecule has 1 heterocycles.